The number of rotatable bonds is 3. The van der Waals surface area contributed by atoms with Crippen molar-refractivity contribution in [1.82, 2.24) is 0 Å². The summed E-state index contributed by atoms with van der Waals surface area (Å²) in [5.41, 5.74) is 1.96. The minimum Gasteiger partial charge on any atom is -0.454 e. The van der Waals surface area contributed by atoms with E-state index in [1.54, 1.807) is 24.3 Å². The Bertz CT molecular complexity index is 880. The molecule has 0 saturated heterocycles. The number of fused-ring (bicyclic) bond motifs is 1. The van der Waals surface area contributed by atoms with E-state index in [-0.39, 0.29) is 17.8 Å². The Morgan fingerprint density at radius 3 is 2.67 bits per heavy atom. The summed E-state index contributed by atoms with van der Waals surface area (Å²) < 4.78 is 10.6. The van der Waals surface area contributed by atoms with Crippen LogP contribution >= 0.6 is 23.8 Å². The molecule has 2 aliphatic heterocycles. The molecular formula is C17H11ClN2O3S. The fraction of sp³-hybridized carbons (Fsp3) is 0.118. The van der Waals surface area contributed by atoms with Crippen LogP contribution in [0.25, 0.3) is 0 Å². The number of amides is 1. The molecule has 0 atom stereocenters. The lowest BCUT2D eigenvalue weighted by Gasteiger charge is -2.15. The van der Waals surface area contributed by atoms with E-state index in [1.807, 2.05) is 18.2 Å². The van der Waals surface area contributed by atoms with Crippen LogP contribution in [0.5, 0.6) is 11.5 Å². The number of anilines is 1. The van der Waals surface area contributed by atoms with Crippen LogP contribution in [0.4, 0.5) is 5.69 Å². The molecule has 0 saturated carbocycles. The van der Waals surface area contributed by atoms with Crippen molar-refractivity contribution >= 4 is 46.2 Å². The summed E-state index contributed by atoms with van der Waals surface area (Å²) in [6.45, 7) is 0.215. The molecule has 2 aliphatic rings. The van der Waals surface area contributed by atoms with Crippen LogP contribution in [0.3, 0.4) is 0 Å². The van der Waals surface area contributed by atoms with Crippen molar-refractivity contribution in [3.63, 3.8) is 0 Å². The molecule has 2 heterocycles. The molecule has 0 aliphatic carbocycles. The average Bonchev–Trinajstić information content (AvgIpc) is 3.13. The molecule has 0 fully saturated rings. The SMILES string of the molecule is O=C1C(Cc2ccc3c(c2)OCO3)=NC(=S)N1c1ccc(Cl)cc1. The molecule has 0 radical (unpaired) electrons. The molecule has 0 N–H and O–H groups in total. The monoisotopic (exact) mass is 358 g/mol. The van der Waals surface area contributed by atoms with Crippen molar-refractivity contribution in [2.75, 3.05) is 11.7 Å². The van der Waals surface area contributed by atoms with Gasteiger partial charge in [0.25, 0.3) is 5.91 Å². The first-order valence-electron chi connectivity index (χ1n) is 7.22. The van der Waals surface area contributed by atoms with Gasteiger partial charge in [-0.1, -0.05) is 17.7 Å². The van der Waals surface area contributed by atoms with E-state index in [1.165, 1.54) is 4.90 Å². The standard InChI is InChI=1S/C17H11ClN2O3S/c18-11-2-4-12(5-3-11)20-16(21)13(19-17(20)24)7-10-1-6-14-15(8-10)23-9-22-14/h1-6,8H,7,9H2. The first-order valence-corrected chi connectivity index (χ1v) is 8.00. The summed E-state index contributed by atoms with van der Waals surface area (Å²) in [5.74, 6) is 1.16. The first kappa shape index (κ1) is 15.1. The smallest absolute Gasteiger partial charge is 0.279 e. The van der Waals surface area contributed by atoms with E-state index in [9.17, 15) is 4.79 Å². The normalized spacial score (nSPS) is 15.9. The Labute approximate surface area is 148 Å². The maximum absolute atomic E-state index is 12.7. The number of carbonyl (C=O) groups is 1. The van der Waals surface area contributed by atoms with E-state index in [0.29, 0.717) is 34.3 Å². The number of aliphatic imine (C=N–C) groups is 1. The third kappa shape index (κ3) is 2.64. The Hall–Kier alpha value is -2.44. The Balaban J connectivity index is 1.56. The van der Waals surface area contributed by atoms with Crippen molar-refractivity contribution in [3.8, 4) is 11.5 Å². The predicted octanol–water partition coefficient (Wildman–Crippen LogP) is 3.38. The molecule has 5 nitrogen and oxygen atoms in total. The fourth-order valence-electron chi connectivity index (χ4n) is 2.61. The quantitative estimate of drug-likeness (QED) is 0.789. The first-order chi connectivity index (χ1) is 11.6. The van der Waals surface area contributed by atoms with Gasteiger partial charge in [0, 0.05) is 11.4 Å². The zero-order valence-corrected chi connectivity index (χ0v) is 13.9. The van der Waals surface area contributed by atoms with Crippen LogP contribution in [-0.2, 0) is 11.2 Å². The van der Waals surface area contributed by atoms with Gasteiger partial charge in [-0.15, -0.1) is 0 Å². The lowest BCUT2D eigenvalue weighted by atomic mass is 10.1. The molecule has 24 heavy (non-hydrogen) atoms. The van der Waals surface area contributed by atoms with Gasteiger partial charge in [0.15, 0.2) is 11.5 Å². The van der Waals surface area contributed by atoms with Gasteiger partial charge < -0.3 is 9.47 Å². The lowest BCUT2D eigenvalue weighted by Crippen LogP contribution is -2.33. The zero-order valence-electron chi connectivity index (χ0n) is 12.4. The number of carbonyl (C=O) groups excluding carboxylic acids is 1. The number of benzene rings is 2. The molecule has 1 amide bonds. The van der Waals surface area contributed by atoms with Gasteiger partial charge >= 0.3 is 0 Å². The largest absolute Gasteiger partial charge is 0.454 e. The van der Waals surface area contributed by atoms with Crippen molar-refractivity contribution in [3.05, 3.63) is 53.1 Å². The van der Waals surface area contributed by atoms with Crippen LogP contribution < -0.4 is 14.4 Å². The van der Waals surface area contributed by atoms with Gasteiger partial charge in [0.05, 0.1) is 5.69 Å². The number of thiocarbonyl (C=S) groups is 1. The van der Waals surface area contributed by atoms with Gasteiger partial charge in [-0.05, 0) is 54.2 Å². The molecule has 0 bridgehead atoms. The summed E-state index contributed by atoms with van der Waals surface area (Å²) in [6, 6.07) is 12.5. The molecule has 0 aromatic heterocycles. The summed E-state index contributed by atoms with van der Waals surface area (Å²) in [7, 11) is 0. The number of hydrogen-bond donors (Lipinski definition) is 0. The van der Waals surface area contributed by atoms with E-state index < -0.39 is 0 Å². The summed E-state index contributed by atoms with van der Waals surface area (Å²) in [4.78, 5) is 18.3. The van der Waals surface area contributed by atoms with Crippen LogP contribution in [0.15, 0.2) is 47.5 Å². The second-order valence-corrected chi connectivity index (χ2v) is 6.12. The van der Waals surface area contributed by atoms with Crippen molar-refractivity contribution in [2.24, 2.45) is 4.99 Å². The summed E-state index contributed by atoms with van der Waals surface area (Å²) in [5, 5.41) is 0.830. The van der Waals surface area contributed by atoms with E-state index in [2.05, 4.69) is 4.99 Å². The van der Waals surface area contributed by atoms with E-state index in [4.69, 9.17) is 33.3 Å². The third-order valence-electron chi connectivity index (χ3n) is 3.77. The van der Waals surface area contributed by atoms with Crippen molar-refractivity contribution in [1.29, 1.82) is 0 Å². The summed E-state index contributed by atoms with van der Waals surface area (Å²) >= 11 is 11.1. The average molecular weight is 359 g/mol. The van der Waals surface area contributed by atoms with Gasteiger partial charge in [0.2, 0.25) is 11.9 Å². The topological polar surface area (TPSA) is 51.1 Å². The maximum atomic E-state index is 12.7. The number of nitrogens with zero attached hydrogens (tertiary/aromatic N) is 2. The minimum atomic E-state index is -0.222. The molecule has 0 unspecified atom stereocenters. The second-order valence-electron chi connectivity index (χ2n) is 5.32. The summed E-state index contributed by atoms with van der Waals surface area (Å²) in [6.07, 6.45) is 0.375. The van der Waals surface area contributed by atoms with Gasteiger partial charge in [0.1, 0.15) is 5.71 Å². The van der Waals surface area contributed by atoms with Crippen LogP contribution in [-0.4, -0.2) is 23.5 Å². The van der Waals surface area contributed by atoms with Gasteiger partial charge in [-0.3, -0.25) is 9.69 Å². The minimum absolute atomic E-state index is 0.215. The van der Waals surface area contributed by atoms with Crippen LogP contribution in [0.2, 0.25) is 5.02 Å². The van der Waals surface area contributed by atoms with Crippen LogP contribution in [0, 0.1) is 0 Å². The van der Waals surface area contributed by atoms with Crippen molar-refractivity contribution in [2.45, 2.75) is 6.42 Å². The molecule has 7 heteroatoms. The molecule has 2 aromatic rings. The molecule has 0 spiro atoms. The number of hydrogen-bond acceptors (Lipinski definition) is 4. The molecule has 2 aromatic carbocycles. The molecule has 4 rings (SSSR count). The number of ether oxygens (including phenoxy) is 2. The Morgan fingerprint density at radius 1 is 1.12 bits per heavy atom. The van der Waals surface area contributed by atoms with Crippen molar-refractivity contribution < 1.29 is 14.3 Å². The fourth-order valence-corrected chi connectivity index (χ4v) is 3.03. The third-order valence-corrected chi connectivity index (χ3v) is 4.29. The lowest BCUT2D eigenvalue weighted by molar-refractivity contribution is -0.111. The van der Waals surface area contributed by atoms with E-state index in [0.717, 1.165) is 5.56 Å². The Kier molecular flexibility index (Phi) is 3.70. The molecule has 120 valence electrons. The highest BCUT2D eigenvalue weighted by Crippen LogP contribution is 2.33. The highest BCUT2D eigenvalue weighted by molar-refractivity contribution is 7.80. The highest BCUT2D eigenvalue weighted by Gasteiger charge is 2.31. The second kappa shape index (κ2) is 5.89. The number of halogens is 1. The van der Waals surface area contributed by atoms with Gasteiger partial charge in [-0.2, -0.15) is 0 Å². The Morgan fingerprint density at radius 2 is 1.88 bits per heavy atom. The zero-order chi connectivity index (χ0) is 16.7. The molecular weight excluding hydrogens is 348 g/mol. The van der Waals surface area contributed by atoms with E-state index >= 15 is 0 Å². The maximum Gasteiger partial charge on any atom is 0.279 e. The predicted molar refractivity (Wildman–Crippen MR) is 95.2 cm³/mol. The van der Waals surface area contributed by atoms with Gasteiger partial charge in [-0.25, -0.2) is 4.99 Å². The van der Waals surface area contributed by atoms with Crippen LogP contribution in [0.1, 0.15) is 5.56 Å². The highest BCUT2D eigenvalue weighted by atomic mass is 35.5.